The van der Waals surface area contributed by atoms with Gasteiger partial charge in [0.15, 0.2) is 0 Å². The third-order valence-electron chi connectivity index (χ3n) is 1.83. The molecule has 3 N–H and O–H groups in total. The molecule has 0 aliphatic rings. The maximum Gasteiger partial charge on any atom is 0.238 e. The van der Waals surface area contributed by atoms with Crippen LogP contribution >= 0.6 is 12.4 Å². The smallest absolute Gasteiger partial charge is 0.238 e. The first-order valence-corrected chi connectivity index (χ1v) is 4.94. The maximum absolute atomic E-state index is 11.2. The highest BCUT2D eigenvalue weighted by Crippen LogP contribution is 2.13. The number of halogens is 1. The van der Waals surface area contributed by atoms with Crippen molar-refractivity contribution in [3.63, 3.8) is 0 Å². The quantitative estimate of drug-likeness (QED) is 0.760. The Labute approximate surface area is 106 Å². The zero-order valence-corrected chi connectivity index (χ0v) is 10.6. The van der Waals surface area contributed by atoms with E-state index in [1.165, 1.54) is 6.92 Å². The molecule has 0 aliphatic carbocycles. The Morgan fingerprint density at radius 1 is 1.06 bits per heavy atom. The summed E-state index contributed by atoms with van der Waals surface area (Å²) in [6.45, 7) is 1.72. The van der Waals surface area contributed by atoms with Crippen molar-refractivity contribution in [2.75, 3.05) is 24.2 Å². The minimum atomic E-state index is -0.119. The summed E-state index contributed by atoms with van der Waals surface area (Å²) in [5.41, 5.74) is 1.41. The SMILES string of the molecule is CNCC(=O)Nc1ccc(NC(C)=O)cc1.Cl. The number of likely N-dealkylation sites (N-methyl/N-ethyl adjacent to an activating group) is 1. The van der Waals surface area contributed by atoms with Crippen LogP contribution < -0.4 is 16.0 Å². The Bertz CT molecular complexity index is 379. The number of nitrogens with one attached hydrogen (secondary N) is 3. The lowest BCUT2D eigenvalue weighted by Gasteiger charge is -2.06. The van der Waals surface area contributed by atoms with Crippen LogP contribution in [0.5, 0.6) is 0 Å². The molecule has 0 aromatic heterocycles. The van der Waals surface area contributed by atoms with Gasteiger partial charge in [-0.05, 0) is 31.3 Å². The van der Waals surface area contributed by atoms with E-state index in [0.717, 1.165) is 0 Å². The van der Waals surface area contributed by atoms with Gasteiger partial charge in [-0.1, -0.05) is 0 Å². The number of rotatable bonds is 4. The van der Waals surface area contributed by atoms with Gasteiger partial charge < -0.3 is 16.0 Å². The van der Waals surface area contributed by atoms with Crippen LogP contribution in [0.4, 0.5) is 11.4 Å². The summed E-state index contributed by atoms with van der Waals surface area (Å²) in [4.78, 5) is 22.0. The van der Waals surface area contributed by atoms with E-state index in [0.29, 0.717) is 11.4 Å². The molecule has 1 aromatic carbocycles. The van der Waals surface area contributed by atoms with Crippen molar-refractivity contribution in [2.45, 2.75) is 6.92 Å². The van der Waals surface area contributed by atoms with Crippen LogP contribution in [0.15, 0.2) is 24.3 Å². The highest BCUT2D eigenvalue weighted by Gasteiger charge is 2.00. The summed E-state index contributed by atoms with van der Waals surface area (Å²) in [6.07, 6.45) is 0. The van der Waals surface area contributed by atoms with Crippen molar-refractivity contribution in [1.82, 2.24) is 5.32 Å². The second kappa shape index (κ2) is 7.65. The highest BCUT2D eigenvalue weighted by molar-refractivity contribution is 5.93. The Balaban J connectivity index is 0.00000256. The van der Waals surface area contributed by atoms with E-state index in [-0.39, 0.29) is 30.8 Å². The number of carbonyl (C=O) groups excluding carboxylic acids is 2. The standard InChI is InChI=1S/C11H15N3O2.ClH/c1-8(15)13-9-3-5-10(6-4-9)14-11(16)7-12-2;/h3-6,12H,7H2,1-2H3,(H,13,15)(H,14,16);1H. The van der Waals surface area contributed by atoms with Crippen LogP contribution in [0.1, 0.15) is 6.92 Å². The predicted molar refractivity (Wildman–Crippen MR) is 70.6 cm³/mol. The molecular formula is C11H16ClN3O2. The van der Waals surface area contributed by atoms with E-state index < -0.39 is 0 Å². The van der Waals surface area contributed by atoms with Crippen molar-refractivity contribution in [2.24, 2.45) is 0 Å². The molecule has 2 amide bonds. The first-order valence-electron chi connectivity index (χ1n) is 4.94. The minimum Gasteiger partial charge on any atom is -0.326 e. The monoisotopic (exact) mass is 257 g/mol. The molecule has 0 bridgehead atoms. The third kappa shape index (κ3) is 5.89. The first-order chi connectivity index (χ1) is 7.61. The zero-order chi connectivity index (χ0) is 12.0. The lowest BCUT2D eigenvalue weighted by atomic mass is 10.2. The normalized spacial score (nSPS) is 9.06. The van der Waals surface area contributed by atoms with E-state index in [1.54, 1.807) is 31.3 Å². The molecule has 1 aromatic rings. The first kappa shape index (κ1) is 15.4. The molecule has 94 valence electrons. The molecule has 0 saturated carbocycles. The second-order valence-electron chi connectivity index (χ2n) is 3.34. The summed E-state index contributed by atoms with van der Waals surface area (Å²) in [5, 5.41) is 8.11. The number of amides is 2. The molecule has 1 rings (SSSR count). The molecule has 17 heavy (non-hydrogen) atoms. The van der Waals surface area contributed by atoms with Gasteiger partial charge in [-0.2, -0.15) is 0 Å². The Hall–Kier alpha value is -1.59. The van der Waals surface area contributed by atoms with E-state index in [9.17, 15) is 9.59 Å². The highest BCUT2D eigenvalue weighted by atomic mass is 35.5. The second-order valence-corrected chi connectivity index (χ2v) is 3.34. The average molecular weight is 258 g/mol. The van der Waals surface area contributed by atoms with Gasteiger partial charge in [0, 0.05) is 18.3 Å². The van der Waals surface area contributed by atoms with E-state index in [4.69, 9.17) is 0 Å². The molecule has 0 atom stereocenters. The van der Waals surface area contributed by atoms with Gasteiger partial charge in [-0.25, -0.2) is 0 Å². The van der Waals surface area contributed by atoms with Crippen molar-refractivity contribution in [3.05, 3.63) is 24.3 Å². The van der Waals surface area contributed by atoms with Gasteiger partial charge in [-0.15, -0.1) is 12.4 Å². The molecule has 0 spiro atoms. The Morgan fingerprint density at radius 2 is 1.53 bits per heavy atom. The summed E-state index contributed by atoms with van der Waals surface area (Å²) in [6, 6.07) is 6.93. The molecule has 6 heteroatoms. The predicted octanol–water partition coefficient (Wildman–Crippen LogP) is 1.22. The third-order valence-corrected chi connectivity index (χ3v) is 1.83. The van der Waals surface area contributed by atoms with Crippen LogP contribution in [0, 0.1) is 0 Å². The largest absolute Gasteiger partial charge is 0.326 e. The number of anilines is 2. The van der Waals surface area contributed by atoms with Crippen LogP contribution in [0.3, 0.4) is 0 Å². The Kier molecular flexibility index (Phi) is 6.93. The van der Waals surface area contributed by atoms with Crippen molar-refractivity contribution in [1.29, 1.82) is 0 Å². The molecule has 0 unspecified atom stereocenters. The molecule has 0 radical (unpaired) electrons. The van der Waals surface area contributed by atoms with Crippen molar-refractivity contribution < 1.29 is 9.59 Å². The molecule has 0 heterocycles. The van der Waals surface area contributed by atoms with Gasteiger partial charge in [0.1, 0.15) is 0 Å². The maximum atomic E-state index is 11.2. The van der Waals surface area contributed by atoms with Gasteiger partial charge in [0.05, 0.1) is 6.54 Å². The van der Waals surface area contributed by atoms with Crippen molar-refractivity contribution >= 4 is 35.6 Å². The van der Waals surface area contributed by atoms with Crippen LogP contribution in [0.2, 0.25) is 0 Å². The number of hydrogen-bond donors (Lipinski definition) is 3. The van der Waals surface area contributed by atoms with E-state index in [2.05, 4.69) is 16.0 Å². The fourth-order valence-corrected chi connectivity index (χ4v) is 1.21. The lowest BCUT2D eigenvalue weighted by molar-refractivity contribution is -0.115. The summed E-state index contributed by atoms with van der Waals surface area (Å²) in [7, 11) is 1.71. The number of carbonyl (C=O) groups is 2. The average Bonchev–Trinajstić information content (AvgIpc) is 2.20. The van der Waals surface area contributed by atoms with Gasteiger partial charge in [0.25, 0.3) is 0 Å². The van der Waals surface area contributed by atoms with Crippen molar-refractivity contribution in [3.8, 4) is 0 Å². The van der Waals surface area contributed by atoms with Crippen LogP contribution in [-0.4, -0.2) is 25.4 Å². The molecule has 0 aliphatic heterocycles. The minimum absolute atomic E-state index is 0. The Morgan fingerprint density at radius 3 is 1.94 bits per heavy atom. The van der Waals surface area contributed by atoms with E-state index >= 15 is 0 Å². The molecule has 0 saturated heterocycles. The summed E-state index contributed by atoms with van der Waals surface area (Å²) in [5.74, 6) is -0.221. The van der Waals surface area contributed by atoms with Crippen LogP contribution in [-0.2, 0) is 9.59 Å². The fourth-order valence-electron chi connectivity index (χ4n) is 1.21. The summed E-state index contributed by atoms with van der Waals surface area (Å²) >= 11 is 0. The summed E-state index contributed by atoms with van der Waals surface area (Å²) < 4.78 is 0. The van der Waals surface area contributed by atoms with Gasteiger partial charge in [0.2, 0.25) is 11.8 Å². The zero-order valence-electron chi connectivity index (χ0n) is 9.74. The number of benzene rings is 1. The van der Waals surface area contributed by atoms with E-state index in [1.807, 2.05) is 0 Å². The molecular weight excluding hydrogens is 242 g/mol. The lowest BCUT2D eigenvalue weighted by Crippen LogP contribution is -2.24. The topological polar surface area (TPSA) is 70.2 Å². The number of hydrogen-bond acceptors (Lipinski definition) is 3. The molecule has 5 nitrogen and oxygen atoms in total. The van der Waals surface area contributed by atoms with Gasteiger partial charge in [-0.3, -0.25) is 9.59 Å². The van der Waals surface area contributed by atoms with Gasteiger partial charge >= 0.3 is 0 Å². The fraction of sp³-hybridized carbons (Fsp3) is 0.273. The molecule has 0 fully saturated rings. The van der Waals surface area contributed by atoms with Crippen LogP contribution in [0.25, 0.3) is 0 Å².